The van der Waals surface area contributed by atoms with Gasteiger partial charge in [-0.1, -0.05) is 82.5 Å². The summed E-state index contributed by atoms with van der Waals surface area (Å²) in [6.07, 6.45) is 17.4. The number of guanidine groups is 1. The molecule has 14 bridgehead atoms. The molecule has 1 saturated heterocycles. The summed E-state index contributed by atoms with van der Waals surface area (Å²) < 4.78 is 27.5. The first kappa shape index (κ1) is 58.7. The van der Waals surface area contributed by atoms with Crippen molar-refractivity contribution in [2.45, 2.75) is 191 Å². The molecule has 16 rings (SSSR count). The maximum atomic E-state index is 13.2. The molecule has 0 aromatic heterocycles. The minimum absolute atomic E-state index is 0.0117. The third kappa shape index (κ3) is 10.8. The molecule has 3 saturated carbocycles. The van der Waals surface area contributed by atoms with Crippen LogP contribution in [0.2, 0.25) is 0 Å². The number of ether oxygens (including phenoxy) is 4. The molecule has 9 N–H and O–H groups in total. The predicted octanol–water partition coefficient (Wildman–Crippen LogP) is 11.4. The molecular weight excluding hydrogens is 1070 g/mol. The van der Waals surface area contributed by atoms with Gasteiger partial charge in [0.05, 0.1) is 31.0 Å². The minimum Gasteiger partial charge on any atom is -0.508 e. The summed E-state index contributed by atoms with van der Waals surface area (Å²) in [6, 6.07) is 20.3. The Hall–Kier alpha value is -5.31. The van der Waals surface area contributed by atoms with E-state index in [1.54, 1.807) is 13.2 Å². The van der Waals surface area contributed by atoms with Crippen LogP contribution < -0.4 is 25.3 Å². The van der Waals surface area contributed by atoms with Gasteiger partial charge in [-0.25, -0.2) is 0 Å². The molecule has 4 aromatic carbocycles. The second kappa shape index (κ2) is 23.7. The lowest BCUT2D eigenvalue weighted by Crippen LogP contribution is -2.56. The highest BCUT2D eigenvalue weighted by atomic mass is 16.5. The molecule has 13 nitrogen and oxygen atoms in total. The van der Waals surface area contributed by atoms with Gasteiger partial charge in [-0.2, -0.15) is 0 Å². The van der Waals surface area contributed by atoms with E-state index >= 15 is 0 Å². The highest BCUT2D eigenvalue weighted by Crippen LogP contribution is 2.64. The number of hydrogen-bond donors (Lipinski definition) is 8. The van der Waals surface area contributed by atoms with Gasteiger partial charge in [0, 0.05) is 55.8 Å². The van der Waals surface area contributed by atoms with Gasteiger partial charge in [0.15, 0.2) is 17.5 Å². The third-order valence-corrected chi connectivity index (χ3v) is 23.4. The molecule has 0 radical (unpaired) electrons. The van der Waals surface area contributed by atoms with Crippen LogP contribution in [0.25, 0.3) is 11.1 Å². The number of hydrogen-bond acceptors (Lipinski definition) is 13. The molecule has 16 unspecified atom stereocenters. The van der Waals surface area contributed by atoms with Gasteiger partial charge in [-0.15, -0.1) is 0 Å². The van der Waals surface area contributed by atoms with E-state index < -0.39 is 35.4 Å². The molecule has 7 aliphatic heterocycles. The van der Waals surface area contributed by atoms with E-state index in [2.05, 4.69) is 68.6 Å². The van der Waals surface area contributed by atoms with Crippen LogP contribution in [-0.4, -0.2) is 100 Å². The molecule has 0 amide bonds. The molecule has 2 spiro atoms. The monoisotopic (exact) mass is 1160 g/mol. The van der Waals surface area contributed by atoms with Crippen molar-refractivity contribution in [2.75, 3.05) is 33.4 Å². The lowest BCUT2D eigenvalue weighted by atomic mass is 9.56. The quantitative estimate of drug-likeness (QED) is 0.0878. The van der Waals surface area contributed by atoms with Gasteiger partial charge in [0.1, 0.15) is 29.5 Å². The number of nitrogens with one attached hydrogen (secondary N) is 1. The smallest absolute Gasteiger partial charge is 0.188 e. The molecule has 458 valence electrons. The number of nitrogens with two attached hydrogens (primary N) is 1. The van der Waals surface area contributed by atoms with E-state index in [1.165, 1.54) is 5.56 Å². The van der Waals surface area contributed by atoms with Gasteiger partial charge >= 0.3 is 0 Å². The maximum absolute atomic E-state index is 13.2. The topological polar surface area (TPSA) is 209 Å². The zero-order chi connectivity index (χ0) is 58.9. The molecule has 4 aromatic rings. The van der Waals surface area contributed by atoms with Crippen LogP contribution in [-0.2, 0) is 36.8 Å². The SMILES string of the molecule is CCC1CC2C=CC1CC(O)CC13CCCC14CCOC(C4)C1(O)CCCC1Cc1cccc(c1)CC(CNC(N)=NC3)C1C(CO)CCCC1Oc1cc(ccc1O)C1Oc3cc(OC)c4c(c3CC1O)C2Cc1cc(O)c(CC(C)C)cc1-4. The Bertz CT molecular complexity index is 3160. The van der Waals surface area contributed by atoms with Gasteiger partial charge in [-0.3, -0.25) is 4.99 Å². The van der Waals surface area contributed by atoms with Gasteiger partial charge in [0.25, 0.3) is 0 Å². The predicted molar refractivity (Wildman–Crippen MR) is 330 cm³/mol. The number of aliphatic hydroxyl groups excluding tert-OH is 3. The van der Waals surface area contributed by atoms with E-state index in [1.807, 2.05) is 24.3 Å². The van der Waals surface area contributed by atoms with E-state index in [4.69, 9.17) is 29.7 Å². The maximum Gasteiger partial charge on any atom is 0.188 e. The Morgan fingerprint density at radius 2 is 1.64 bits per heavy atom. The van der Waals surface area contributed by atoms with Crippen LogP contribution in [0.5, 0.6) is 28.7 Å². The first-order valence-corrected chi connectivity index (χ1v) is 32.9. The Labute approximate surface area is 503 Å². The highest BCUT2D eigenvalue weighted by molar-refractivity contribution is 5.84. The van der Waals surface area contributed by atoms with Crippen LogP contribution in [0.4, 0.5) is 0 Å². The fourth-order valence-electron chi connectivity index (χ4n) is 19.3. The van der Waals surface area contributed by atoms with Crippen LogP contribution in [0.15, 0.2) is 77.8 Å². The first-order valence-electron chi connectivity index (χ1n) is 32.9. The normalized spacial score (nSPS) is 36.2. The molecule has 13 heteroatoms. The molecule has 12 aliphatic rings. The Morgan fingerprint density at radius 3 is 2.45 bits per heavy atom. The summed E-state index contributed by atoms with van der Waals surface area (Å²) in [5, 5.41) is 77.1. The summed E-state index contributed by atoms with van der Waals surface area (Å²) >= 11 is 0. The number of aliphatic hydroxyl groups is 4. The summed E-state index contributed by atoms with van der Waals surface area (Å²) in [4.78, 5) is 5.35. The number of fused-ring (bicyclic) bond motifs is 7. The first-order chi connectivity index (χ1) is 41.1. The Balaban J connectivity index is 0.959. The van der Waals surface area contributed by atoms with E-state index in [9.17, 15) is 30.6 Å². The van der Waals surface area contributed by atoms with Crippen molar-refractivity contribution in [2.24, 2.45) is 68.9 Å². The summed E-state index contributed by atoms with van der Waals surface area (Å²) in [6.45, 7) is 8.09. The van der Waals surface area contributed by atoms with Crippen LogP contribution >= 0.6 is 0 Å². The summed E-state index contributed by atoms with van der Waals surface area (Å²) in [7, 11) is 1.72. The van der Waals surface area contributed by atoms with E-state index in [-0.39, 0.29) is 71.2 Å². The molecule has 85 heavy (non-hydrogen) atoms. The lowest BCUT2D eigenvalue weighted by molar-refractivity contribution is -0.187. The number of aromatic hydroxyl groups is 2. The van der Waals surface area contributed by atoms with Gasteiger partial charge in [-0.05, 0) is 224 Å². The van der Waals surface area contributed by atoms with E-state index in [0.29, 0.717) is 105 Å². The molecule has 7 heterocycles. The number of rotatable bonds is 5. The van der Waals surface area contributed by atoms with Crippen LogP contribution in [0.3, 0.4) is 0 Å². The number of aliphatic imine (C=N–C) groups is 1. The average Bonchev–Trinajstić information content (AvgIpc) is 1.71. The summed E-state index contributed by atoms with van der Waals surface area (Å²) in [5.74, 6) is 2.81. The number of nitrogens with zero attached hydrogens (tertiary/aromatic N) is 1. The number of phenols is 2. The minimum atomic E-state index is -0.993. The van der Waals surface area contributed by atoms with Crippen molar-refractivity contribution in [3.63, 3.8) is 0 Å². The van der Waals surface area contributed by atoms with Gasteiger partial charge in [0.2, 0.25) is 0 Å². The van der Waals surface area contributed by atoms with Crippen LogP contribution in [0.1, 0.15) is 168 Å². The number of phenolic OH excluding ortho intramolecular Hbond substituents is 2. The number of methoxy groups -OCH3 is 1. The van der Waals surface area contributed by atoms with Crippen LogP contribution in [0, 0.1) is 58.2 Å². The largest absolute Gasteiger partial charge is 0.508 e. The number of allylic oxidation sites excluding steroid dienone is 2. The van der Waals surface area contributed by atoms with Crippen molar-refractivity contribution >= 4 is 5.96 Å². The Morgan fingerprint density at radius 1 is 0.812 bits per heavy atom. The summed E-state index contributed by atoms with van der Waals surface area (Å²) in [5.41, 5.74) is 14.7. The van der Waals surface area contributed by atoms with Crippen molar-refractivity contribution in [1.29, 1.82) is 0 Å². The van der Waals surface area contributed by atoms with Crippen molar-refractivity contribution in [3.05, 3.63) is 112 Å². The van der Waals surface area contributed by atoms with E-state index in [0.717, 1.165) is 122 Å². The molecule has 16 atom stereocenters. The zero-order valence-electron chi connectivity index (χ0n) is 50.8. The third-order valence-electron chi connectivity index (χ3n) is 23.4. The Kier molecular flexibility index (Phi) is 16.3. The zero-order valence-corrected chi connectivity index (χ0v) is 50.8. The highest BCUT2D eigenvalue weighted by Gasteiger charge is 2.61. The fraction of sp³-hybridized carbons (Fsp3) is 0.625. The number of benzene rings is 4. The second-order valence-electron chi connectivity index (χ2n) is 28.6. The fourth-order valence-corrected chi connectivity index (χ4v) is 19.3. The standard InChI is InChI=1S/C72H95N3O10/c1-5-44-28-46-16-15-45(44)29-53(77)36-71-20-9-19-70(71)22-23-83-64(37-70)72(81)21-8-13-52(72)27-43-11-6-10-42(25-43)26-51(38-74-69(73)75-40-71)65-48(39-76)12-7-14-60(65)84-62-33-47(17-18-57(62)78)68-59(80)34-56-61(85-68)35-63(82-4)67-55-31-50(24-41(2)3)58(79)32-49(55)30-54(46)66(56)67/h6,10-11,15-18,25,31-33,35,41,44-46,48,51-54,59-60,64-65,68,76-81H,5,7-9,12-14,19-24,26-30,34,36-40H2,1-4H3,(H3,73,74,75). The van der Waals surface area contributed by atoms with Crippen molar-refractivity contribution < 1.29 is 49.6 Å². The molecule has 4 fully saturated rings. The lowest BCUT2D eigenvalue weighted by Gasteiger charge is -2.53. The van der Waals surface area contributed by atoms with Crippen molar-refractivity contribution in [3.8, 4) is 39.9 Å². The van der Waals surface area contributed by atoms with Crippen molar-refractivity contribution in [1.82, 2.24) is 5.32 Å². The average molecular weight is 1160 g/mol. The molecular formula is C72H95N3O10. The van der Waals surface area contributed by atoms with Gasteiger partial charge < -0.3 is 60.6 Å². The molecule has 5 aliphatic carbocycles. The second-order valence-corrected chi connectivity index (χ2v) is 28.6.